The highest BCUT2D eigenvalue weighted by Gasteiger charge is 2.66. The molecule has 62 heavy (non-hydrogen) atoms. The Bertz CT molecular complexity index is 2670. The second-order valence-corrected chi connectivity index (χ2v) is 21.8. The number of nitrogens with zero attached hydrogens (tertiary/aromatic N) is 3. The first-order chi connectivity index (χ1) is 30.0. The van der Waals surface area contributed by atoms with Gasteiger partial charge >= 0.3 is 0 Å². The van der Waals surface area contributed by atoms with Gasteiger partial charge in [-0.1, -0.05) is 104 Å². The molecule has 4 atom stereocenters. The third-order valence-electron chi connectivity index (χ3n) is 13.4. The number of amides is 3. The Labute approximate surface area is 363 Å². The maximum atomic E-state index is 15.5. The number of fused-ring (bicyclic) bond motifs is 2. The van der Waals surface area contributed by atoms with Crippen molar-refractivity contribution >= 4 is 58.8 Å². The highest BCUT2D eigenvalue weighted by atomic mass is 28.3. The summed E-state index contributed by atoms with van der Waals surface area (Å²) in [5.41, 5.74) is 3.97. The van der Waals surface area contributed by atoms with Crippen LogP contribution in [0, 0.1) is 5.92 Å². The fourth-order valence-corrected chi connectivity index (χ4v) is 14.4. The monoisotopic (exact) mass is 845 g/mol. The molecule has 1 spiro atoms. The zero-order valence-corrected chi connectivity index (χ0v) is 36.7. The summed E-state index contributed by atoms with van der Waals surface area (Å²) in [5.74, 6) is 0.600. The lowest BCUT2D eigenvalue weighted by atomic mass is 9.82. The quantitative estimate of drug-likeness (QED) is 0.117. The number of rotatable bonds is 13. The van der Waals surface area contributed by atoms with Crippen LogP contribution in [0.3, 0.4) is 0 Å². The molecule has 11 heteroatoms. The van der Waals surface area contributed by atoms with Crippen molar-refractivity contribution in [1.82, 2.24) is 4.90 Å². The molecule has 0 saturated carbocycles. The van der Waals surface area contributed by atoms with Gasteiger partial charge in [0.05, 0.1) is 64.9 Å². The molecule has 10 nitrogen and oxygen atoms in total. The van der Waals surface area contributed by atoms with E-state index in [-0.39, 0.29) is 55.3 Å². The normalized spacial score (nSPS) is 20.3. The molecular formula is C51H51N3O7Si. The van der Waals surface area contributed by atoms with E-state index in [0.717, 1.165) is 55.5 Å². The van der Waals surface area contributed by atoms with Gasteiger partial charge in [-0.05, 0) is 76.7 Å². The van der Waals surface area contributed by atoms with Crippen LogP contribution in [0.1, 0.15) is 40.4 Å². The number of carbonyl (C=O) groups excluding carboxylic acids is 3. The average Bonchev–Trinajstić information content (AvgIpc) is 3.84. The van der Waals surface area contributed by atoms with Crippen molar-refractivity contribution in [3.8, 4) is 11.5 Å². The van der Waals surface area contributed by atoms with Gasteiger partial charge in [-0.3, -0.25) is 19.3 Å². The summed E-state index contributed by atoms with van der Waals surface area (Å²) in [6.45, 7) is 7.28. The minimum Gasteiger partial charge on any atom is -0.497 e. The molecule has 3 aliphatic heterocycles. The third kappa shape index (κ3) is 6.75. The molecule has 0 bridgehead atoms. The number of methoxy groups -OCH3 is 2. The van der Waals surface area contributed by atoms with E-state index in [2.05, 4.69) is 32.2 Å². The number of aliphatic hydroxyl groups is 1. The van der Waals surface area contributed by atoms with Crippen LogP contribution >= 0.6 is 0 Å². The largest absolute Gasteiger partial charge is 0.497 e. The lowest BCUT2D eigenvalue weighted by molar-refractivity contribution is -0.150. The Kier molecular flexibility index (Phi) is 10.7. The SMILES string of the molecule is COc1ccc([Si](C)(C)[C@@H]2[C@@H](CC(=O)N(CCO)Cc3ccccc3)O[C@]3(C(=O)N(Cc4ccc(N5C(=O)c6cccc7cccc5c67)cc4)c4ccc(OC)cc43)[C@H]2C)cc1. The molecular weight excluding hydrogens is 795 g/mol. The van der Waals surface area contributed by atoms with Crippen molar-refractivity contribution in [3.05, 3.63) is 156 Å². The van der Waals surface area contributed by atoms with E-state index in [1.807, 2.05) is 121 Å². The lowest BCUT2D eigenvalue weighted by Crippen LogP contribution is -2.52. The molecule has 1 N–H and O–H groups in total. The minimum atomic E-state index is -2.57. The van der Waals surface area contributed by atoms with Gasteiger partial charge in [-0.25, -0.2) is 0 Å². The van der Waals surface area contributed by atoms with Gasteiger partial charge in [0.1, 0.15) is 11.5 Å². The molecule has 0 radical (unpaired) electrons. The van der Waals surface area contributed by atoms with Crippen LogP contribution in [0.15, 0.2) is 133 Å². The van der Waals surface area contributed by atoms with Gasteiger partial charge < -0.3 is 29.1 Å². The Hall–Kier alpha value is -6.27. The Morgan fingerprint density at radius 3 is 2.19 bits per heavy atom. The zero-order valence-electron chi connectivity index (χ0n) is 35.7. The first kappa shape index (κ1) is 41.1. The first-order valence-electron chi connectivity index (χ1n) is 21.2. The van der Waals surface area contributed by atoms with Crippen molar-refractivity contribution in [2.75, 3.05) is 37.2 Å². The van der Waals surface area contributed by atoms with E-state index in [1.54, 1.807) is 28.9 Å². The summed E-state index contributed by atoms with van der Waals surface area (Å²) in [6, 6.07) is 43.2. The second-order valence-electron chi connectivity index (χ2n) is 17.1. The maximum absolute atomic E-state index is 15.5. The average molecular weight is 846 g/mol. The fraction of sp³-hybridized carbons (Fsp3) is 0.275. The molecule has 6 aromatic rings. The van der Waals surface area contributed by atoms with Crippen molar-refractivity contribution in [3.63, 3.8) is 0 Å². The summed E-state index contributed by atoms with van der Waals surface area (Å²) in [6.07, 6.45) is -0.580. The van der Waals surface area contributed by atoms with Crippen LogP contribution in [0.4, 0.5) is 17.1 Å². The summed E-state index contributed by atoms with van der Waals surface area (Å²) in [4.78, 5) is 49.0. The van der Waals surface area contributed by atoms with Gasteiger partial charge in [-0.2, -0.15) is 0 Å². The highest BCUT2D eigenvalue weighted by Crippen LogP contribution is 2.60. The molecule has 3 heterocycles. The van der Waals surface area contributed by atoms with Gasteiger partial charge in [0.15, 0.2) is 5.60 Å². The Balaban J connectivity index is 1.07. The third-order valence-corrected chi connectivity index (χ3v) is 17.8. The first-order valence-corrected chi connectivity index (χ1v) is 24.3. The molecule has 9 rings (SSSR count). The van der Waals surface area contributed by atoms with E-state index >= 15 is 4.79 Å². The van der Waals surface area contributed by atoms with Crippen molar-refractivity contribution in [1.29, 1.82) is 0 Å². The summed E-state index contributed by atoms with van der Waals surface area (Å²) < 4.78 is 18.6. The maximum Gasteiger partial charge on any atom is 0.264 e. The Morgan fingerprint density at radius 1 is 0.806 bits per heavy atom. The number of aliphatic hydroxyl groups excluding tert-OH is 1. The number of hydrogen-bond acceptors (Lipinski definition) is 7. The minimum absolute atomic E-state index is 0.0387. The molecule has 0 unspecified atom stereocenters. The molecule has 3 amide bonds. The molecule has 3 aliphatic rings. The van der Waals surface area contributed by atoms with Crippen LogP contribution in [-0.4, -0.2) is 69.3 Å². The van der Waals surface area contributed by atoms with Crippen LogP contribution < -0.4 is 24.5 Å². The summed E-state index contributed by atoms with van der Waals surface area (Å²) in [7, 11) is 0.693. The van der Waals surface area contributed by atoms with E-state index in [9.17, 15) is 14.7 Å². The molecule has 1 fully saturated rings. The van der Waals surface area contributed by atoms with E-state index in [4.69, 9.17) is 14.2 Å². The predicted molar refractivity (Wildman–Crippen MR) is 244 cm³/mol. The number of ether oxygens (including phenoxy) is 3. The number of hydrogen-bond donors (Lipinski definition) is 1. The van der Waals surface area contributed by atoms with Gasteiger partial charge in [-0.15, -0.1) is 0 Å². The van der Waals surface area contributed by atoms with Crippen molar-refractivity contribution < 1.29 is 33.7 Å². The lowest BCUT2D eigenvalue weighted by Gasteiger charge is -2.37. The van der Waals surface area contributed by atoms with Crippen LogP contribution in [0.25, 0.3) is 10.8 Å². The summed E-state index contributed by atoms with van der Waals surface area (Å²) in [5, 5.41) is 13.2. The molecule has 6 aromatic carbocycles. The van der Waals surface area contributed by atoms with Crippen LogP contribution in [0.2, 0.25) is 18.6 Å². The van der Waals surface area contributed by atoms with E-state index in [1.165, 1.54) is 0 Å². The van der Waals surface area contributed by atoms with Crippen molar-refractivity contribution in [2.45, 2.75) is 56.8 Å². The van der Waals surface area contributed by atoms with E-state index < -0.39 is 19.8 Å². The van der Waals surface area contributed by atoms with Crippen LogP contribution in [0.5, 0.6) is 11.5 Å². The highest BCUT2D eigenvalue weighted by molar-refractivity contribution is 6.91. The standard InChI is InChI=1S/C51H51N3O7Si/c1-33-48(62(4,5)40-24-21-38(59-2)22-25-40)45(30-46(56)52(27-28-55)31-34-11-7-6-8-12-34)61-51(33)42-29-39(60-3)23-26-43(42)53(50(51)58)32-35-17-19-37(20-18-35)54-44-16-10-14-36-13-9-15-41(47(36)44)49(54)57/h6-26,29,33,45,48,55H,27-28,30-32H2,1-5H3/t33-,45+,48-,51+/m0/s1. The predicted octanol–water partition coefficient (Wildman–Crippen LogP) is 8.32. The van der Waals surface area contributed by atoms with Gasteiger partial charge in [0, 0.05) is 35.6 Å². The number of carbonyl (C=O) groups is 3. The molecule has 0 aliphatic carbocycles. The fourth-order valence-electron chi connectivity index (χ4n) is 10.4. The molecule has 0 aromatic heterocycles. The van der Waals surface area contributed by atoms with Gasteiger partial charge in [0.25, 0.3) is 11.8 Å². The molecule has 316 valence electrons. The Morgan fingerprint density at radius 2 is 1.50 bits per heavy atom. The topological polar surface area (TPSA) is 109 Å². The van der Waals surface area contributed by atoms with Crippen molar-refractivity contribution in [2.24, 2.45) is 5.92 Å². The number of anilines is 3. The number of benzene rings is 6. The summed E-state index contributed by atoms with van der Waals surface area (Å²) >= 11 is 0. The van der Waals surface area contributed by atoms with Crippen LogP contribution in [-0.2, 0) is 33.0 Å². The van der Waals surface area contributed by atoms with E-state index in [0.29, 0.717) is 17.9 Å². The second kappa shape index (κ2) is 16.2. The zero-order chi connectivity index (χ0) is 43.3. The molecule has 1 saturated heterocycles. The smallest absolute Gasteiger partial charge is 0.264 e. The van der Waals surface area contributed by atoms with Gasteiger partial charge in [0.2, 0.25) is 5.91 Å².